The van der Waals surface area contributed by atoms with Crippen molar-refractivity contribution in [2.75, 3.05) is 5.73 Å². The summed E-state index contributed by atoms with van der Waals surface area (Å²) in [5, 5.41) is 4.45. The van der Waals surface area contributed by atoms with Crippen LogP contribution in [0.5, 0.6) is 5.75 Å². The molecule has 1 aromatic heterocycles. The number of nitrogens with two attached hydrogens (primary N) is 1. The number of nitrogen functional groups attached to an aromatic ring is 1. The lowest BCUT2D eigenvalue weighted by molar-refractivity contribution is 0.290. The molecule has 0 atom stereocenters. The van der Waals surface area contributed by atoms with E-state index >= 15 is 0 Å². The number of benzene rings is 1. The van der Waals surface area contributed by atoms with Gasteiger partial charge in [-0.05, 0) is 48.6 Å². The molecule has 0 aliphatic heterocycles. The van der Waals surface area contributed by atoms with E-state index in [4.69, 9.17) is 10.5 Å². The Hall–Kier alpha value is -1.97. The summed E-state index contributed by atoms with van der Waals surface area (Å²) in [4.78, 5) is 0. The number of anilines is 1. The van der Waals surface area contributed by atoms with Crippen LogP contribution in [0.2, 0.25) is 0 Å². The first kappa shape index (κ1) is 15.4. The van der Waals surface area contributed by atoms with Crippen LogP contribution >= 0.6 is 0 Å². The molecule has 0 saturated heterocycles. The Kier molecular flexibility index (Phi) is 4.56. The molecule has 0 fully saturated rings. The standard InChI is InChI=1S/C17H25N3O/c1-6-13-8-14(20(5)19-13)10-21-17-7-12(4)16(18)9-15(17)11(2)3/h7-9,11H,6,10,18H2,1-5H3. The summed E-state index contributed by atoms with van der Waals surface area (Å²) in [6.45, 7) is 8.93. The van der Waals surface area contributed by atoms with Crippen molar-refractivity contribution >= 4 is 5.69 Å². The number of aromatic nitrogens is 2. The monoisotopic (exact) mass is 287 g/mol. The Morgan fingerprint density at radius 1 is 1.29 bits per heavy atom. The number of hydrogen-bond acceptors (Lipinski definition) is 3. The van der Waals surface area contributed by atoms with Crippen LogP contribution in [0.25, 0.3) is 0 Å². The van der Waals surface area contributed by atoms with Gasteiger partial charge in [0, 0.05) is 12.7 Å². The lowest BCUT2D eigenvalue weighted by Crippen LogP contribution is -2.06. The molecule has 2 N–H and O–H groups in total. The lowest BCUT2D eigenvalue weighted by atomic mass is 9.99. The van der Waals surface area contributed by atoms with E-state index in [1.165, 1.54) is 0 Å². The third-order valence-corrected chi connectivity index (χ3v) is 3.79. The minimum Gasteiger partial charge on any atom is -0.487 e. The molecule has 0 aliphatic carbocycles. The Labute approximate surface area is 126 Å². The average Bonchev–Trinajstić information content (AvgIpc) is 2.80. The van der Waals surface area contributed by atoms with Crippen LogP contribution in [0, 0.1) is 6.92 Å². The van der Waals surface area contributed by atoms with E-state index in [1.807, 2.05) is 30.8 Å². The minimum absolute atomic E-state index is 0.376. The molecule has 114 valence electrons. The summed E-state index contributed by atoms with van der Waals surface area (Å²) >= 11 is 0. The minimum atomic E-state index is 0.376. The molecule has 1 aromatic carbocycles. The van der Waals surface area contributed by atoms with Gasteiger partial charge in [-0.15, -0.1) is 0 Å². The second kappa shape index (κ2) is 6.20. The van der Waals surface area contributed by atoms with Gasteiger partial charge in [-0.25, -0.2) is 0 Å². The molecule has 1 heterocycles. The first-order valence-electron chi connectivity index (χ1n) is 7.47. The van der Waals surface area contributed by atoms with E-state index in [2.05, 4.69) is 31.9 Å². The van der Waals surface area contributed by atoms with Gasteiger partial charge >= 0.3 is 0 Å². The van der Waals surface area contributed by atoms with Crippen molar-refractivity contribution in [3.63, 3.8) is 0 Å². The van der Waals surface area contributed by atoms with Crippen molar-refractivity contribution in [3.05, 3.63) is 40.7 Å². The molecule has 4 heteroatoms. The zero-order chi connectivity index (χ0) is 15.6. The number of hydrogen-bond donors (Lipinski definition) is 1. The number of nitrogens with zero attached hydrogens (tertiary/aromatic N) is 2. The van der Waals surface area contributed by atoms with Gasteiger partial charge in [0.1, 0.15) is 12.4 Å². The average molecular weight is 287 g/mol. The zero-order valence-electron chi connectivity index (χ0n) is 13.6. The van der Waals surface area contributed by atoms with Crippen LogP contribution < -0.4 is 10.5 Å². The van der Waals surface area contributed by atoms with Crippen LogP contribution in [-0.2, 0) is 20.1 Å². The molecule has 0 aliphatic rings. The van der Waals surface area contributed by atoms with Gasteiger partial charge in [-0.1, -0.05) is 20.8 Å². The van der Waals surface area contributed by atoms with Crippen LogP contribution in [0.1, 0.15) is 49.2 Å². The van der Waals surface area contributed by atoms with Crippen molar-refractivity contribution < 1.29 is 4.74 Å². The molecule has 2 aromatic rings. The molecule has 4 nitrogen and oxygen atoms in total. The van der Waals surface area contributed by atoms with Gasteiger partial charge < -0.3 is 10.5 Å². The largest absolute Gasteiger partial charge is 0.487 e. The highest BCUT2D eigenvalue weighted by Crippen LogP contribution is 2.31. The third-order valence-electron chi connectivity index (χ3n) is 3.79. The Morgan fingerprint density at radius 2 is 2.00 bits per heavy atom. The van der Waals surface area contributed by atoms with Crippen LogP contribution in [0.3, 0.4) is 0 Å². The number of aryl methyl sites for hydroxylation is 3. The fraction of sp³-hybridized carbons (Fsp3) is 0.471. The SMILES string of the molecule is CCc1cc(COc2cc(C)c(N)cc2C(C)C)n(C)n1. The van der Waals surface area contributed by atoms with Gasteiger partial charge in [0.05, 0.1) is 11.4 Å². The van der Waals surface area contributed by atoms with E-state index < -0.39 is 0 Å². The summed E-state index contributed by atoms with van der Waals surface area (Å²) in [6, 6.07) is 6.15. The fourth-order valence-electron chi connectivity index (χ4n) is 2.32. The molecule has 0 amide bonds. The van der Waals surface area contributed by atoms with Crippen molar-refractivity contribution in [1.82, 2.24) is 9.78 Å². The molecule has 0 bridgehead atoms. The highest BCUT2D eigenvalue weighted by molar-refractivity contribution is 5.55. The summed E-state index contributed by atoms with van der Waals surface area (Å²) < 4.78 is 7.93. The maximum absolute atomic E-state index is 6.04. The summed E-state index contributed by atoms with van der Waals surface area (Å²) in [7, 11) is 1.95. The van der Waals surface area contributed by atoms with Crippen LogP contribution in [0.15, 0.2) is 18.2 Å². The third kappa shape index (κ3) is 3.38. The fourth-order valence-corrected chi connectivity index (χ4v) is 2.32. The second-order valence-corrected chi connectivity index (χ2v) is 5.79. The van der Waals surface area contributed by atoms with Gasteiger partial charge in [0.2, 0.25) is 0 Å². The number of rotatable bonds is 5. The lowest BCUT2D eigenvalue weighted by Gasteiger charge is -2.16. The Morgan fingerprint density at radius 3 is 2.57 bits per heavy atom. The van der Waals surface area contributed by atoms with Crippen LogP contribution in [-0.4, -0.2) is 9.78 Å². The maximum Gasteiger partial charge on any atom is 0.130 e. The summed E-state index contributed by atoms with van der Waals surface area (Å²) in [6.07, 6.45) is 0.937. The normalized spacial score (nSPS) is 11.1. The van der Waals surface area contributed by atoms with E-state index in [0.29, 0.717) is 12.5 Å². The van der Waals surface area contributed by atoms with E-state index in [1.54, 1.807) is 0 Å². The van der Waals surface area contributed by atoms with Crippen molar-refractivity contribution in [2.24, 2.45) is 7.05 Å². The maximum atomic E-state index is 6.04. The molecule has 0 radical (unpaired) electrons. The van der Waals surface area contributed by atoms with Gasteiger partial charge in [0.25, 0.3) is 0 Å². The number of ether oxygens (including phenoxy) is 1. The van der Waals surface area contributed by atoms with E-state index in [-0.39, 0.29) is 0 Å². The van der Waals surface area contributed by atoms with Gasteiger partial charge in [0.15, 0.2) is 0 Å². The van der Waals surface area contributed by atoms with Gasteiger partial charge in [-0.2, -0.15) is 5.10 Å². The Bertz CT molecular complexity index is 629. The quantitative estimate of drug-likeness (QED) is 0.855. The molecule has 0 spiro atoms. The smallest absolute Gasteiger partial charge is 0.130 e. The van der Waals surface area contributed by atoms with Gasteiger partial charge in [-0.3, -0.25) is 4.68 Å². The molecular formula is C17H25N3O. The van der Waals surface area contributed by atoms with Crippen molar-refractivity contribution in [3.8, 4) is 5.75 Å². The zero-order valence-corrected chi connectivity index (χ0v) is 13.6. The molecule has 0 saturated carbocycles. The Balaban J connectivity index is 2.22. The topological polar surface area (TPSA) is 53.1 Å². The van der Waals surface area contributed by atoms with E-state index in [0.717, 1.165) is 40.4 Å². The van der Waals surface area contributed by atoms with Crippen molar-refractivity contribution in [1.29, 1.82) is 0 Å². The summed E-state index contributed by atoms with van der Waals surface area (Å²) in [5.41, 5.74) is 11.2. The molecule has 2 rings (SSSR count). The van der Waals surface area contributed by atoms with Crippen LogP contribution in [0.4, 0.5) is 5.69 Å². The first-order chi connectivity index (χ1) is 9.92. The molecule has 0 unspecified atom stereocenters. The summed E-state index contributed by atoms with van der Waals surface area (Å²) in [5.74, 6) is 1.29. The van der Waals surface area contributed by atoms with E-state index in [9.17, 15) is 0 Å². The predicted octanol–water partition coefficient (Wildman–Crippen LogP) is 3.58. The second-order valence-electron chi connectivity index (χ2n) is 5.79. The van der Waals surface area contributed by atoms with Crippen molar-refractivity contribution in [2.45, 2.75) is 46.6 Å². The highest BCUT2D eigenvalue weighted by Gasteiger charge is 2.12. The highest BCUT2D eigenvalue weighted by atomic mass is 16.5. The molecular weight excluding hydrogens is 262 g/mol. The molecule has 21 heavy (non-hydrogen) atoms. The predicted molar refractivity (Wildman–Crippen MR) is 86.6 cm³/mol. The first-order valence-corrected chi connectivity index (χ1v) is 7.47.